The molecule has 0 fully saturated rings. The molecule has 0 spiro atoms. The van der Waals surface area contributed by atoms with Gasteiger partial charge in [-0.3, -0.25) is 9.78 Å². The van der Waals surface area contributed by atoms with Gasteiger partial charge in [-0.15, -0.1) is 0 Å². The lowest BCUT2D eigenvalue weighted by Crippen LogP contribution is -2.30. The number of hydrogen-bond donors (Lipinski definition) is 1. The molecule has 0 saturated carbocycles. The van der Waals surface area contributed by atoms with E-state index in [0.717, 1.165) is 5.56 Å². The molecule has 4 rings (SSSR count). The number of pyridine rings is 2. The van der Waals surface area contributed by atoms with Crippen molar-refractivity contribution >= 4 is 40.1 Å². The summed E-state index contributed by atoms with van der Waals surface area (Å²) in [6.07, 6.45) is 2.29. The van der Waals surface area contributed by atoms with E-state index in [4.69, 9.17) is 16.3 Å². The maximum absolute atomic E-state index is 13.0. The van der Waals surface area contributed by atoms with Crippen LogP contribution in [0, 0.1) is 0 Å². The van der Waals surface area contributed by atoms with Gasteiger partial charge in [0.25, 0.3) is 5.91 Å². The second kappa shape index (κ2) is 8.93. The maximum atomic E-state index is 13.0. The number of carbonyl (C=O) groups is 2. The van der Waals surface area contributed by atoms with Crippen molar-refractivity contribution in [2.24, 2.45) is 0 Å². The normalized spacial score (nSPS) is 11.7. The molecule has 7 heteroatoms. The molecule has 1 atom stereocenters. The molecule has 0 bridgehead atoms. The number of para-hydroxylation sites is 2. The molecule has 31 heavy (non-hydrogen) atoms. The number of amides is 1. The van der Waals surface area contributed by atoms with E-state index in [-0.39, 0.29) is 0 Å². The van der Waals surface area contributed by atoms with Gasteiger partial charge in [0, 0.05) is 23.3 Å². The highest BCUT2D eigenvalue weighted by molar-refractivity contribution is 6.33. The smallest absolute Gasteiger partial charge is 0.339 e. The average Bonchev–Trinajstić information content (AvgIpc) is 2.80. The van der Waals surface area contributed by atoms with E-state index >= 15 is 0 Å². The monoisotopic (exact) mass is 431 g/mol. The Balaban J connectivity index is 1.61. The Morgan fingerprint density at radius 3 is 2.48 bits per heavy atom. The summed E-state index contributed by atoms with van der Waals surface area (Å²) in [5.74, 6) is -1.09. The Bertz CT molecular complexity index is 1260. The maximum Gasteiger partial charge on any atom is 0.339 e. The zero-order valence-electron chi connectivity index (χ0n) is 16.6. The largest absolute Gasteiger partial charge is 0.449 e. The highest BCUT2D eigenvalue weighted by atomic mass is 35.5. The molecule has 4 aromatic rings. The number of esters is 1. The van der Waals surface area contributed by atoms with E-state index in [1.165, 1.54) is 6.92 Å². The number of aromatic nitrogens is 2. The minimum Gasteiger partial charge on any atom is -0.449 e. The van der Waals surface area contributed by atoms with Crippen LogP contribution in [0.3, 0.4) is 0 Å². The number of nitrogens with zero attached hydrogens (tertiary/aromatic N) is 2. The topological polar surface area (TPSA) is 81.2 Å². The molecule has 1 amide bonds. The third-order valence-corrected chi connectivity index (χ3v) is 5.03. The first-order valence-electron chi connectivity index (χ1n) is 9.59. The van der Waals surface area contributed by atoms with Gasteiger partial charge in [0.05, 0.1) is 27.5 Å². The van der Waals surface area contributed by atoms with Gasteiger partial charge in [-0.1, -0.05) is 41.9 Å². The van der Waals surface area contributed by atoms with E-state index < -0.39 is 18.0 Å². The standard InChI is InChI=1S/C24H18ClN3O3/c1-15(23(29)28-21-9-5-3-7-19(21)25)31-24(30)18-14-22(16-10-12-26-13-11-16)27-20-8-4-2-6-17(18)20/h2-15H,1H3,(H,28,29). The zero-order valence-corrected chi connectivity index (χ0v) is 17.3. The quantitative estimate of drug-likeness (QED) is 0.443. The molecule has 0 aliphatic heterocycles. The van der Waals surface area contributed by atoms with Gasteiger partial charge in [-0.25, -0.2) is 9.78 Å². The number of carbonyl (C=O) groups excluding carboxylic acids is 2. The summed E-state index contributed by atoms with van der Waals surface area (Å²) < 4.78 is 5.48. The van der Waals surface area contributed by atoms with Crippen molar-refractivity contribution in [1.82, 2.24) is 9.97 Å². The van der Waals surface area contributed by atoms with Crippen molar-refractivity contribution in [3.8, 4) is 11.3 Å². The summed E-state index contributed by atoms with van der Waals surface area (Å²) in [6.45, 7) is 1.51. The van der Waals surface area contributed by atoms with E-state index in [0.29, 0.717) is 32.9 Å². The van der Waals surface area contributed by atoms with Crippen molar-refractivity contribution in [3.05, 3.63) is 89.7 Å². The van der Waals surface area contributed by atoms with Gasteiger partial charge in [0.2, 0.25) is 0 Å². The van der Waals surface area contributed by atoms with Crippen molar-refractivity contribution in [2.45, 2.75) is 13.0 Å². The highest BCUT2D eigenvalue weighted by Crippen LogP contribution is 2.26. The van der Waals surface area contributed by atoms with Crippen LogP contribution >= 0.6 is 11.6 Å². The summed E-state index contributed by atoms with van der Waals surface area (Å²) in [5, 5.41) is 3.72. The molecule has 0 radical (unpaired) electrons. The van der Waals surface area contributed by atoms with Crippen LogP contribution in [-0.2, 0) is 9.53 Å². The predicted molar refractivity (Wildman–Crippen MR) is 120 cm³/mol. The fraction of sp³-hybridized carbons (Fsp3) is 0.0833. The van der Waals surface area contributed by atoms with E-state index in [1.54, 1.807) is 48.8 Å². The summed E-state index contributed by atoms with van der Waals surface area (Å²) >= 11 is 6.08. The first-order valence-corrected chi connectivity index (χ1v) is 9.97. The number of nitrogens with one attached hydrogen (secondary N) is 1. The van der Waals surface area contributed by atoms with Crippen LogP contribution in [0.25, 0.3) is 22.2 Å². The summed E-state index contributed by atoms with van der Waals surface area (Å²) in [6, 6.07) is 19.4. The lowest BCUT2D eigenvalue weighted by Gasteiger charge is -2.15. The molecular formula is C24H18ClN3O3. The van der Waals surface area contributed by atoms with Gasteiger partial charge < -0.3 is 10.1 Å². The third-order valence-electron chi connectivity index (χ3n) is 4.70. The van der Waals surface area contributed by atoms with Crippen LogP contribution in [0.15, 0.2) is 79.1 Å². The second-order valence-corrected chi connectivity index (χ2v) is 7.23. The highest BCUT2D eigenvalue weighted by Gasteiger charge is 2.22. The van der Waals surface area contributed by atoms with Crippen molar-refractivity contribution in [3.63, 3.8) is 0 Å². The van der Waals surface area contributed by atoms with Crippen LogP contribution in [0.2, 0.25) is 5.02 Å². The molecule has 2 aromatic heterocycles. The Morgan fingerprint density at radius 1 is 1.00 bits per heavy atom. The van der Waals surface area contributed by atoms with E-state index in [2.05, 4.69) is 15.3 Å². The van der Waals surface area contributed by atoms with Crippen molar-refractivity contribution in [2.75, 3.05) is 5.32 Å². The fourth-order valence-corrected chi connectivity index (χ4v) is 3.27. The number of rotatable bonds is 5. The lowest BCUT2D eigenvalue weighted by molar-refractivity contribution is -0.123. The molecule has 0 aliphatic carbocycles. The molecule has 154 valence electrons. The lowest BCUT2D eigenvalue weighted by atomic mass is 10.0. The van der Waals surface area contributed by atoms with Crippen LogP contribution < -0.4 is 5.32 Å². The summed E-state index contributed by atoms with van der Waals surface area (Å²) in [4.78, 5) is 34.2. The van der Waals surface area contributed by atoms with Crippen molar-refractivity contribution < 1.29 is 14.3 Å². The number of benzene rings is 2. The SMILES string of the molecule is CC(OC(=O)c1cc(-c2ccncc2)nc2ccccc12)C(=O)Nc1ccccc1Cl. The molecule has 1 N–H and O–H groups in total. The number of ether oxygens (including phenoxy) is 1. The van der Waals surface area contributed by atoms with Crippen LogP contribution in [-0.4, -0.2) is 27.9 Å². The van der Waals surface area contributed by atoms with Crippen LogP contribution in [0.5, 0.6) is 0 Å². The van der Waals surface area contributed by atoms with Gasteiger partial charge in [-0.2, -0.15) is 0 Å². The van der Waals surface area contributed by atoms with Crippen molar-refractivity contribution in [1.29, 1.82) is 0 Å². The van der Waals surface area contributed by atoms with Gasteiger partial charge in [-0.05, 0) is 43.3 Å². The van der Waals surface area contributed by atoms with E-state index in [1.807, 2.05) is 30.3 Å². The van der Waals surface area contributed by atoms with E-state index in [9.17, 15) is 9.59 Å². The Hall–Kier alpha value is -3.77. The van der Waals surface area contributed by atoms with Gasteiger partial charge in [0.15, 0.2) is 6.10 Å². The van der Waals surface area contributed by atoms with Gasteiger partial charge >= 0.3 is 5.97 Å². The molecule has 1 unspecified atom stereocenters. The molecular weight excluding hydrogens is 414 g/mol. The molecule has 0 aliphatic rings. The molecule has 6 nitrogen and oxygen atoms in total. The summed E-state index contributed by atoms with van der Waals surface area (Å²) in [5.41, 5.74) is 2.86. The summed E-state index contributed by atoms with van der Waals surface area (Å²) in [7, 11) is 0. The number of anilines is 1. The fourth-order valence-electron chi connectivity index (χ4n) is 3.09. The first kappa shape index (κ1) is 20.5. The number of hydrogen-bond acceptors (Lipinski definition) is 5. The minimum atomic E-state index is -1.03. The first-order chi connectivity index (χ1) is 15.0. The second-order valence-electron chi connectivity index (χ2n) is 6.82. The average molecular weight is 432 g/mol. The molecule has 0 saturated heterocycles. The Labute approximate surface area is 183 Å². The minimum absolute atomic E-state index is 0.329. The van der Waals surface area contributed by atoms with Crippen LogP contribution in [0.4, 0.5) is 5.69 Å². The Morgan fingerprint density at radius 2 is 1.71 bits per heavy atom. The number of halogens is 1. The van der Waals surface area contributed by atoms with Crippen LogP contribution in [0.1, 0.15) is 17.3 Å². The Kier molecular flexibility index (Phi) is 5.91. The molecule has 2 aromatic carbocycles. The number of fused-ring (bicyclic) bond motifs is 1. The van der Waals surface area contributed by atoms with Gasteiger partial charge in [0.1, 0.15) is 0 Å². The third kappa shape index (κ3) is 4.54. The zero-order chi connectivity index (χ0) is 21.8. The predicted octanol–water partition coefficient (Wildman–Crippen LogP) is 5.13. The molecule has 2 heterocycles.